The first-order valence-corrected chi connectivity index (χ1v) is 6.62. The fourth-order valence-electron chi connectivity index (χ4n) is 1.81. The van der Waals surface area contributed by atoms with Gasteiger partial charge in [0.1, 0.15) is 0 Å². The predicted octanol–water partition coefficient (Wildman–Crippen LogP) is 3.78. The summed E-state index contributed by atoms with van der Waals surface area (Å²) in [5, 5.41) is 13.1. The van der Waals surface area contributed by atoms with Gasteiger partial charge < -0.3 is 5.32 Å². The fourth-order valence-corrected chi connectivity index (χ4v) is 2.17. The molecule has 3 nitrogen and oxygen atoms in total. The van der Waals surface area contributed by atoms with E-state index in [2.05, 4.69) is 58.3 Å². The summed E-state index contributed by atoms with van der Waals surface area (Å²) in [6.45, 7) is 6.35. The molecule has 2 aromatic rings. The number of hydrogen-bond acceptors (Lipinski definition) is 3. The minimum atomic E-state index is 0.381. The van der Waals surface area contributed by atoms with Crippen molar-refractivity contribution in [2.75, 3.05) is 5.32 Å². The van der Waals surface area contributed by atoms with Crippen LogP contribution in [0.4, 0.5) is 5.69 Å². The van der Waals surface area contributed by atoms with E-state index in [1.165, 1.54) is 0 Å². The van der Waals surface area contributed by atoms with Gasteiger partial charge in [0.2, 0.25) is 0 Å². The highest BCUT2D eigenvalue weighted by Gasteiger charge is 2.10. The van der Waals surface area contributed by atoms with Crippen molar-refractivity contribution in [2.45, 2.75) is 33.2 Å². The van der Waals surface area contributed by atoms with Crippen molar-refractivity contribution in [2.24, 2.45) is 0 Å². The first-order chi connectivity index (χ1) is 8.11. The van der Waals surface area contributed by atoms with Gasteiger partial charge >= 0.3 is 0 Å². The quantitative estimate of drug-likeness (QED) is 0.936. The van der Waals surface area contributed by atoms with E-state index in [1.54, 1.807) is 0 Å². The van der Waals surface area contributed by atoms with Crippen LogP contribution in [0.15, 0.2) is 22.7 Å². The number of rotatable bonds is 3. The summed E-state index contributed by atoms with van der Waals surface area (Å²) in [6, 6.07) is 6.44. The van der Waals surface area contributed by atoms with Crippen LogP contribution in [0.1, 0.15) is 26.5 Å². The number of aryl methyl sites for hydroxylation is 1. The number of hydrogen-bond donors (Lipinski definition) is 1. The minimum absolute atomic E-state index is 0.381. The predicted molar refractivity (Wildman–Crippen MR) is 75.4 cm³/mol. The summed E-state index contributed by atoms with van der Waals surface area (Å²) in [6.07, 6.45) is 0.879. The van der Waals surface area contributed by atoms with Crippen LogP contribution < -0.4 is 5.32 Å². The van der Waals surface area contributed by atoms with Gasteiger partial charge in [-0.05, 0) is 38.5 Å². The molecule has 0 radical (unpaired) electrons. The highest BCUT2D eigenvalue weighted by Crippen LogP contribution is 2.28. The lowest BCUT2D eigenvalue weighted by molar-refractivity contribution is 0.877. The van der Waals surface area contributed by atoms with Crippen LogP contribution in [0.25, 0.3) is 10.9 Å². The Labute approximate surface area is 110 Å². The third kappa shape index (κ3) is 2.57. The van der Waals surface area contributed by atoms with Crippen molar-refractivity contribution >= 4 is 32.5 Å². The maximum Gasteiger partial charge on any atom is 0.0951 e. The molecule has 0 amide bonds. The second-order valence-corrected chi connectivity index (χ2v) is 5.25. The summed E-state index contributed by atoms with van der Waals surface area (Å²) in [5.41, 5.74) is 3.05. The van der Waals surface area contributed by atoms with Gasteiger partial charge in [0, 0.05) is 15.9 Å². The van der Waals surface area contributed by atoms with Crippen molar-refractivity contribution in [3.05, 3.63) is 28.4 Å². The molecule has 0 saturated carbocycles. The van der Waals surface area contributed by atoms with Gasteiger partial charge in [-0.25, -0.2) is 0 Å². The second kappa shape index (κ2) is 5.00. The molecule has 4 heteroatoms. The number of anilines is 1. The number of fused-ring (bicyclic) bond motifs is 1. The van der Waals surface area contributed by atoms with Gasteiger partial charge in [-0.3, -0.25) is 0 Å². The summed E-state index contributed by atoms with van der Waals surface area (Å²) >= 11 is 3.50. The average Bonchev–Trinajstić information content (AvgIpc) is 2.29. The van der Waals surface area contributed by atoms with Crippen LogP contribution in [0.3, 0.4) is 0 Å². The van der Waals surface area contributed by atoms with Crippen LogP contribution in [0.2, 0.25) is 0 Å². The van der Waals surface area contributed by atoms with E-state index in [0.29, 0.717) is 6.04 Å². The van der Waals surface area contributed by atoms with Crippen LogP contribution in [-0.4, -0.2) is 16.2 Å². The molecule has 90 valence electrons. The van der Waals surface area contributed by atoms with Crippen LogP contribution in [-0.2, 0) is 6.42 Å². The summed E-state index contributed by atoms with van der Waals surface area (Å²) in [7, 11) is 0. The summed E-state index contributed by atoms with van der Waals surface area (Å²) < 4.78 is 1.06. The smallest absolute Gasteiger partial charge is 0.0951 e. The molecule has 0 aliphatic carbocycles. The molecule has 0 bridgehead atoms. The highest BCUT2D eigenvalue weighted by molar-refractivity contribution is 9.10. The zero-order valence-electron chi connectivity index (χ0n) is 10.3. The van der Waals surface area contributed by atoms with Gasteiger partial charge in [0.25, 0.3) is 0 Å². The number of aromatic nitrogens is 2. The first kappa shape index (κ1) is 12.3. The Bertz CT molecular complexity index is 537. The molecular formula is C13H16BrN3. The molecule has 1 N–H and O–H groups in total. The number of halogens is 1. The Hall–Kier alpha value is -1.16. The molecular weight excluding hydrogens is 278 g/mol. The molecule has 0 atom stereocenters. The number of nitrogens with one attached hydrogen (secondary N) is 1. The van der Waals surface area contributed by atoms with E-state index < -0.39 is 0 Å². The Morgan fingerprint density at radius 1 is 1.29 bits per heavy atom. The Kier molecular flexibility index (Phi) is 3.62. The maximum absolute atomic E-state index is 4.28. The maximum atomic E-state index is 4.28. The molecule has 0 spiro atoms. The molecule has 0 saturated heterocycles. The van der Waals surface area contributed by atoms with E-state index in [0.717, 1.165) is 33.2 Å². The minimum Gasteiger partial charge on any atom is -0.381 e. The SMILES string of the molecule is CCc1nnc2ccc(Br)cc2c1NC(C)C. The van der Waals surface area contributed by atoms with E-state index in [9.17, 15) is 0 Å². The average molecular weight is 294 g/mol. The van der Waals surface area contributed by atoms with Crippen LogP contribution in [0, 0.1) is 0 Å². The van der Waals surface area contributed by atoms with Crippen molar-refractivity contribution in [3.8, 4) is 0 Å². The zero-order chi connectivity index (χ0) is 12.4. The highest BCUT2D eigenvalue weighted by atomic mass is 79.9. The van der Waals surface area contributed by atoms with E-state index in [1.807, 2.05) is 12.1 Å². The third-order valence-corrected chi connectivity index (χ3v) is 3.06. The molecule has 0 fully saturated rings. The summed E-state index contributed by atoms with van der Waals surface area (Å²) in [5.74, 6) is 0. The van der Waals surface area contributed by atoms with E-state index in [4.69, 9.17) is 0 Å². The van der Waals surface area contributed by atoms with E-state index in [-0.39, 0.29) is 0 Å². The van der Waals surface area contributed by atoms with Crippen molar-refractivity contribution in [1.29, 1.82) is 0 Å². The number of benzene rings is 1. The van der Waals surface area contributed by atoms with Crippen molar-refractivity contribution < 1.29 is 0 Å². The van der Waals surface area contributed by atoms with Gasteiger partial charge in [0.15, 0.2) is 0 Å². The van der Waals surface area contributed by atoms with Gasteiger partial charge in [0.05, 0.1) is 16.9 Å². The largest absolute Gasteiger partial charge is 0.381 e. The Morgan fingerprint density at radius 2 is 2.06 bits per heavy atom. The van der Waals surface area contributed by atoms with Crippen LogP contribution in [0.5, 0.6) is 0 Å². The fraction of sp³-hybridized carbons (Fsp3) is 0.385. The lowest BCUT2D eigenvalue weighted by Gasteiger charge is -2.15. The zero-order valence-corrected chi connectivity index (χ0v) is 11.9. The van der Waals surface area contributed by atoms with Crippen LogP contribution >= 0.6 is 15.9 Å². The monoisotopic (exact) mass is 293 g/mol. The third-order valence-electron chi connectivity index (χ3n) is 2.56. The molecule has 17 heavy (non-hydrogen) atoms. The molecule has 0 aliphatic rings. The molecule has 1 heterocycles. The van der Waals surface area contributed by atoms with Gasteiger partial charge in [-0.2, -0.15) is 10.2 Å². The molecule has 1 aromatic heterocycles. The normalized spacial score (nSPS) is 11.1. The summed E-state index contributed by atoms with van der Waals surface area (Å²) in [4.78, 5) is 0. The molecule has 1 aromatic carbocycles. The topological polar surface area (TPSA) is 37.8 Å². The van der Waals surface area contributed by atoms with Gasteiger partial charge in [-0.1, -0.05) is 22.9 Å². The van der Waals surface area contributed by atoms with E-state index >= 15 is 0 Å². The van der Waals surface area contributed by atoms with Crippen molar-refractivity contribution in [3.63, 3.8) is 0 Å². The number of nitrogens with zero attached hydrogens (tertiary/aromatic N) is 2. The molecule has 0 unspecified atom stereocenters. The Balaban J connectivity index is 2.67. The Morgan fingerprint density at radius 3 is 2.71 bits per heavy atom. The molecule has 2 rings (SSSR count). The second-order valence-electron chi connectivity index (χ2n) is 4.34. The standard InChI is InChI=1S/C13H16BrN3/c1-4-11-13(15-8(2)3)10-7-9(14)5-6-12(10)17-16-11/h5-8H,4H2,1-3H3,(H,15,17). The molecule has 0 aliphatic heterocycles. The first-order valence-electron chi connectivity index (χ1n) is 5.83. The van der Waals surface area contributed by atoms with Crippen molar-refractivity contribution in [1.82, 2.24) is 10.2 Å². The lowest BCUT2D eigenvalue weighted by atomic mass is 10.1. The lowest BCUT2D eigenvalue weighted by Crippen LogP contribution is -2.13. The van der Waals surface area contributed by atoms with Gasteiger partial charge in [-0.15, -0.1) is 0 Å².